The molecule has 0 aromatic carbocycles. The average molecular weight is 190 g/mol. The number of rotatable bonds is 1. The number of carboxylic acid groups (broad SMARTS) is 1. The summed E-state index contributed by atoms with van der Waals surface area (Å²) in [7, 11) is 0. The van der Waals surface area contributed by atoms with Crippen molar-refractivity contribution in [3.8, 4) is 11.8 Å². The van der Waals surface area contributed by atoms with Crippen LogP contribution in [0.15, 0.2) is 12.1 Å². The van der Waals surface area contributed by atoms with Crippen LogP contribution >= 0.6 is 0 Å². The van der Waals surface area contributed by atoms with Gasteiger partial charge in [0, 0.05) is 0 Å². The number of carbonyl (C=O) groups is 1. The molecule has 0 aliphatic rings. The highest BCUT2D eigenvalue weighted by molar-refractivity contribution is 5.70. The van der Waals surface area contributed by atoms with Gasteiger partial charge in [-0.1, -0.05) is 5.92 Å². The summed E-state index contributed by atoms with van der Waals surface area (Å²) in [4.78, 5) is 14.1. The molecule has 0 unspecified atom stereocenters. The van der Waals surface area contributed by atoms with E-state index < -0.39 is 5.97 Å². The Morgan fingerprint density at radius 2 is 2.36 bits per heavy atom. The number of hydrogen-bond acceptors (Lipinski definition) is 3. The number of nitrogens with two attached hydrogens (primary N) is 1. The van der Waals surface area contributed by atoms with Crippen LogP contribution in [0.1, 0.15) is 17.7 Å². The summed E-state index contributed by atoms with van der Waals surface area (Å²) in [6.45, 7) is 1.88. The van der Waals surface area contributed by atoms with Gasteiger partial charge in [0.2, 0.25) is 0 Å². The fourth-order valence-electron chi connectivity index (χ4n) is 0.969. The summed E-state index contributed by atoms with van der Waals surface area (Å²) in [6.07, 6.45) is -0.185. The van der Waals surface area contributed by atoms with Crippen LogP contribution in [0.2, 0.25) is 0 Å². The maximum Gasteiger partial charge on any atom is 0.315 e. The molecule has 1 rings (SSSR count). The molecule has 72 valence electrons. The molecule has 0 amide bonds. The molecular formula is C10H10N2O2. The molecule has 0 aliphatic carbocycles. The molecule has 14 heavy (non-hydrogen) atoms. The summed E-state index contributed by atoms with van der Waals surface area (Å²) in [5, 5.41) is 8.35. The Hall–Kier alpha value is -2.02. The van der Waals surface area contributed by atoms with Crippen molar-refractivity contribution in [3.05, 3.63) is 23.4 Å². The number of nitrogens with zero attached hydrogens (tertiary/aromatic N) is 1. The quantitative estimate of drug-likeness (QED) is 0.642. The first-order valence-electron chi connectivity index (χ1n) is 4.03. The Bertz CT molecular complexity index is 396. The number of aliphatic carboxylic acids is 1. The smallest absolute Gasteiger partial charge is 0.315 e. The zero-order chi connectivity index (χ0) is 10.6. The zero-order valence-corrected chi connectivity index (χ0v) is 7.74. The maximum absolute atomic E-state index is 10.2. The van der Waals surface area contributed by atoms with Gasteiger partial charge < -0.3 is 10.8 Å². The van der Waals surface area contributed by atoms with Crippen LogP contribution in [-0.2, 0) is 4.79 Å². The molecule has 0 saturated carbocycles. The monoisotopic (exact) mass is 190 g/mol. The summed E-state index contributed by atoms with van der Waals surface area (Å²) in [5.74, 6) is 4.57. The molecule has 0 bridgehead atoms. The Morgan fingerprint density at radius 3 is 2.93 bits per heavy atom. The first-order chi connectivity index (χ1) is 6.58. The Labute approximate surface area is 81.8 Å². The van der Waals surface area contributed by atoms with Crippen molar-refractivity contribution in [1.29, 1.82) is 0 Å². The largest absolute Gasteiger partial charge is 0.481 e. The molecule has 0 fully saturated rings. The molecule has 3 N–H and O–H groups in total. The third-order valence-electron chi connectivity index (χ3n) is 1.45. The van der Waals surface area contributed by atoms with Crippen LogP contribution < -0.4 is 5.73 Å². The molecule has 0 atom stereocenters. The normalized spacial score (nSPS) is 8.93. The van der Waals surface area contributed by atoms with E-state index in [4.69, 9.17) is 10.8 Å². The van der Waals surface area contributed by atoms with E-state index in [1.54, 1.807) is 12.1 Å². The lowest BCUT2D eigenvalue weighted by molar-refractivity contribution is -0.135. The fraction of sp³-hybridized carbons (Fsp3) is 0.200. The van der Waals surface area contributed by atoms with Gasteiger partial charge in [-0.2, -0.15) is 0 Å². The van der Waals surface area contributed by atoms with E-state index in [1.165, 1.54) is 0 Å². The molecular weight excluding hydrogens is 180 g/mol. The van der Waals surface area contributed by atoms with E-state index >= 15 is 0 Å². The highest BCUT2D eigenvalue weighted by Crippen LogP contribution is 2.04. The van der Waals surface area contributed by atoms with Gasteiger partial charge in [0.25, 0.3) is 0 Å². The molecule has 0 radical (unpaired) electrons. The summed E-state index contributed by atoms with van der Waals surface area (Å²) >= 11 is 0. The van der Waals surface area contributed by atoms with Gasteiger partial charge >= 0.3 is 5.97 Å². The van der Waals surface area contributed by atoms with Gasteiger partial charge in [-0.05, 0) is 30.5 Å². The van der Waals surface area contributed by atoms with Crippen molar-refractivity contribution >= 4 is 11.8 Å². The fourth-order valence-corrected chi connectivity index (χ4v) is 0.969. The summed E-state index contributed by atoms with van der Waals surface area (Å²) in [5.41, 5.74) is 6.95. The first-order valence-corrected chi connectivity index (χ1v) is 4.03. The van der Waals surface area contributed by atoms with Gasteiger partial charge in [0.1, 0.15) is 17.9 Å². The standard InChI is InChI=1S/C10H10N2O2/c1-7-5-8(12-9(11)6-7)3-2-4-10(13)14/h5-6H,4H2,1H3,(H2,11,12)(H,13,14). The van der Waals surface area contributed by atoms with Gasteiger partial charge in [-0.15, -0.1) is 0 Å². The van der Waals surface area contributed by atoms with Crippen LogP contribution in [0.3, 0.4) is 0 Å². The molecule has 1 heterocycles. The summed E-state index contributed by atoms with van der Waals surface area (Å²) in [6, 6.07) is 3.48. The van der Waals surface area contributed by atoms with Crippen molar-refractivity contribution < 1.29 is 9.90 Å². The lowest BCUT2D eigenvalue weighted by Gasteiger charge is -1.96. The second kappa shape index (κ2) is 4.28. The highest BCUT2D eigenvalue weighted by atomic mass is 16.4. The predicted octanol–water partition coefficient (Wildman–Crippen LogP) is 0.798. The van der Waals surface area contributed by atoms with Crippen LogP contribution in [0.4, 0.5) is 5.82 Å². The average Bonchev–Trinajstić information content (AvgIpc) is 2.01. The van der Waals surface area contributed by atoms with Crippen molar-refractivity contribution in [2.45, 2.75) is 13.3 Å². The summed E-state index contributed by atoms with van der Waals surface area (Å²) < 4.78 is 0. The number of hydrogen-bond donors (Lipinski definition) is 2. The van der Waals surface area contributed by atoms with E-state index in [9.17, 15) is 4.79 Å². The van der Waals surface area contributed by atoms with Crippen LogP contribution in [0.5, 0.6) is 0 Å². The number of carboxylic acids is 1. The second-order valence-corrected chi connectivity index (χ2v) is 2.83. The molecule has 1 aromatic rings. The van der Waals surface area contributed by atoms with Gasteiger partial charge in [0.05, 0.1) is 0 Å². The number of aromatic nitrogens is 1. The van der Waals surface area contributed by atoms with Crippen LogP contribution in [-0.4, -0.2) is 16.1 Å². The lowest BCUT2D eigenvalue weighted by Crippen LogP contribution is -1.94. The highest BCUT2D eigenvalue weighted by Gasteiger charge is 1.94. The predicted molar refractivity (Wildman–Crippen MR) is 52.5 cm³/mol. The Balaban J connectivity index is 2.84. The van der Waals surface area contributed by atoms with E-state index in [-0.39, 0.29) is 6.42 Å². The van der Waals surface area contributed by atoms with Crippen molar-refractivity contribution in [3.63, 3.8) is 0 Å². The Kier molecular flexibility index (Phi) is 3.08. The van der Waals surface area contributed by atoms with E-state index in [2.05, 4.69) is 16.8 Å². The van der Waals surface area contributed by atoms with Crippen molar-refractivity contribution in [2.24, 2.45) is 0 Å². The maximum atomic E-state index is 10.2. The van der Waals surface area contributed by atoms with Crippen LogP contribution in [0.25, 0.3) is 0 Å². The third kappa shape index (κ3) is 3.15. The van der Waals surface area contributed by atoms with E-state index in [1.807, 2.05) is 6.92 Å². The van der Waals surface area contributed by atoms with Crippen LogP contribution in [0, 0.1) is 18.8 Å². The van der Waals surface area contributed by atoms with Gasteiger partial charge in [0.15, 0.2) is 0 Å². The second-order valence-electron chi connectivity index (χ2n) is 2.83. The number of aryl methyl sites for hydroxylation is 1. The third-order valence-corrected chi connectivity index (χ3v) is 1.45. The number of nitrogen functional groups attached to an aromatic ring is 1. The minimum Gasteiger partial charge on any atom is -0.481 e. The molecule has 4 heteroatoms. The molecule has 0 spiro atoms. The molecule has 0 aliphatic heterocycles. The van der Waals surface area contributed by atoms with Crippen molar-refractivity contribution in [1.82, 2.24) is 4.98 Å². The topological polar surface area (TPSA) is 76.2 Å². The molecule has 0 saturated heterocycles. The molecule has 1 aromatic heterocycles. The zero-order valence-electron chi connectivity index (χ0n) is 7.74. The van der Waals surface area contributed by atoms with Gasteiger partial charge in [-0.3, -0.25) is 4.79 Å². The minimum absolute atomic E-state index is 0.185. The SMILES string of the molecule is Cc1cc(N)nc(C#CCC(=O)O)c1. The number of pyridine rings is 1. The van der Waals surface area contributed by atoms with E-state index in [0.717, 1.165) is 5.56 Å². The lowest BCUT2D eigenvalue weighted by atomic mass is 10.2. The molecule has 4 nitrogen and oxygen atoms in total. The first kappa shape index (κ1) is 10.1. The minimum atomic E-state index is -0.946. The Morgan fingerprint density at radius 1 is 1.64 bits per heavy atom. The van der Waals surface area contributed by atoms with Crippen molar-refractivity contribution in [2.75, 3.05) is 5.73 Å². The number of anilines is 1. The van der Waals surface area contributed by atoms with Gasteiger partial charge in [-0.25, -0.2) is 4.98 Å². The van der Waals surface area contributed by atoms with E-state index in [0.29, 0.717) is 11.5 Å².